The molecule has 1 unspecified atom stereocenters. The molecule has 0 aliphatic heterocycles. The third-order valence-corrected chi connectivity index (χ3v) is 7.79. The first-order valence-corrected chi connectivity index (χ1v) is 12.3. The van der Waals surface area contributed by atoms with Crippen molar-refractivity contribution in [2.75, 3.05) is 10.0 Å². The number of nitrogens with one attached hydrogen (secondary N) is 2. The van der Waals surface area contributed by atoms with Gasteiger partial charge in [-0.25, -0.2) is 13.4 Å². The van der Waals surface area contributed by atoms with E-state index in [1.54, 1.807) is 5.38 Å². The van der Waals surface area contributed by atoms with Gasteiger partial charge >= 0.3 is 0 Å². The molecule has 1 heterocycles. The minimum absolute atomic E-state index is 0.160. The van der Waals surface area contributed by atoms with Gasteiger partial charge in [0.25, 0.3) is 0 Å². The summed E-state index contributed by atoms with van der Waals surface area (Å²) in [6.45, 7) is 1.91. The number of aromatic nitrogens is 1. The zero-order valence-corrected chi connectivity index (χ0v) is 18.2. The number of carbonyl (C=O) groups is 1. The highest BCUT2D eigenvalue weighted by atomic mass is 32.2. The summed E-state index contributed by atoms with van der Waals surface area (Å²) >= 11 is 1.21. The van der Waals surface area contributed by atoms with Crippen LogP contribution in [0.3, 0.4) is 0 Å². The van der Waals surface area contributed by atoms with E-state index in [1.165, 1.54) is 11.3 Å². The highest BCUT2D eigenvalue weighted by molar-refractivity contribution is 7.93. The molecule has 1 aromatic heterocycles. The molecule has 1 aliphatic carbocycles. The summed E-state index contributed by atoms with van der Waals surface area (Å²) in [5.41, 5.74) is 3.48. The monoisotopic (exact) mass is 441 g/mol. The van der Waals surface area contributed by atoms with Crippen LogP contribution in [-0.4, -0.2) is 24.6 Å². The van der Waals surface area contributed by atoms with Crippen molar-refractivity contribution in [3.8, 4) is 11.1 Å². The first-order chi connectivity index (χ1) is 14.5. The van der Waals surface area contributed by atoms with Crippen LogP contribution in [-0.2, 0) is 14.8 Å². The van der Waals surface area contributed by atoms with Crippen LogP contribution < -0.4 is 10.0 Å². The van der Waals surface area contributed by atoms with E-state index >= 15 is 0 Å². The number of carbonyl (C=O) groups excluding carboxylic acids is 1. The fourth-order valence-electron chi connectivity index (χ4n) is 3.21. The second-order valence-electron chi connectivity index (χ2n) is 7.32. The van der Waals surface area contributed by atoms with Crippen LogP contribution in [0.2, 0.25) is 0 Å². The second-order valence-corrected chi connectivity index (χ2v) is 10.1. The van der Waals surface area contributed by atoms with Gasteiger partial charge in [0, 0.05) is 11.1 Å². The number of benzene rings is 2. The van der Waals surface area contributed by atoms with Crippen molar-refractivity contribution in [2.24, 2.45) is 0 Å². The number of rotatable bonds is 8. The number of hydrogen-bond acceptors (Lipinski definition) is 5. The topological polar surface area (TPSA) is 88.2 Å². The molecule has 1 amide bonds. The van der Waals surface area contributed by atoms with Gasteiger partial charge in [0.05, 0.1) is 16.9 Å². The van der Waals surface area contributed by atoms with Crippen LogP contribution in [0.25, 0.3) is 11.1 Å². The summed E-state index contributed by atoms with van der Waals surface area (Å²) in [5.74, 6) is -0.610. The molecule has 1 fully saturated rings. The number of thiazole rings is 1. The molecular formula is C22H23N3O3S2. The summed E-state index contributed by atoms with van der Waals surface area (Å²) < 4.78 is 26.7. The number of hydrogen-bond donors (Lipinski definition) is 2. The molecule has 6 nitrogen and oxygen atoms in total. The predicted molar refractivity (Wildman–Crippen MR) is 121 cm³/mol. The predicted octanol–water partition coefficient (Wildman–Crippen LogP) is 4.85. The maximum atomic E-state index is 12.8. The first-order valence-electron chi connectivity index (χ1n) is 9.89. The SMILES string of the molecule is CCC(C(=O)Nc1ccc(-c2ccccc2)cc1)c1csc(NS(=O)(=O)C2CC2)n1. The van der Waals surface area contributed by atoms with Gasteiger partial charge in [0.1, 0.15) is 0 Å². The number of amides is 1. The van der Waals surface area contributed by atoms with Crippen molar-refractivity contribution in [1.29, 1.82) is 0 Å². The van der Waals surface area contributed by atoms with Gasteiger partial charge in [-0.1, -0.05) is 49.4 Å². The average Bonchev–Trinajstić information content (AvgIpc) is 3.52. The molecule has 1 saturated carbocycles. The Kier molecular flexibility index (Phi) is 5.87. The highest BCUT2D eigenvalue weighted by Crippen LogP contribution is 2.32. The minimum atomic E-state index is -3.36. The molecular weight excluding hydrogens is 418 g/mol. The molecule has 2 aromatic carbocycles. The highest BCUT2D eigenvalue weighted by Gasteiger charge is 2.36. The van der Waals surface area contributed by atoms with Crippen LogP contribution in [0.4, 0.5) is 10.8 Å². The van der Waals surface area contributed by atoms with Gasteiger partial charge in [-0.05, 0) is 42.5 Å². The van der Waals surface area contributed by atoms with Crippen LogP contribution in [0.15, 0.2) is 60.0 Å². The Balaban J connectivity index is 1.43. The molecule has 0 spiro atoms. The second kappa shape index (κ2) is 8.57. The molecule has 1 atom stereocenters. The molecule has 1 aliphatic rings. The Morgan fingerprint density at radius 2 is 1.77 bits per heavy atom. The molecule has 0 bridgehead atoms. The fourth-order valence-corrected chi connectivity index (χ4v) is 5.57. The van der Waals surface area contributed by atoms with Gasteiger partial charge in [-0.3, -0.25) is 9.52 Å². The van der Waals surface area contributed by atoms with Crippen molar-refractivity contribution in [3.05, 3.63) is 65.7 Å². The summed E-state index contributed by atoms with van der Waals surface area (Å²) in [5, 5.41) is 4.69. The van der Waals surface area contributed by atoms with Crippen molar-refractivity contribution < 1.29 is 13.2 Å². The van der Waals surface area contributed by atoms with Crippen molar-refractivity contribution in [2.45, 2.75) is 37.4 Å². The van der Waals surface area contributed by atoms with Crippen molar-refractivity contribution >= 4 is 38.1 Å². The first kappa shape index (κ1) is 20.6. The van der Waals surface area contributed by atoms with Crippen LogP contribution in [0.5, 0.6) is 0 Å². The van der Waals surface area contributed by atoms with E-state index in [-0.39, 0.29) is 11.2 Å². The normalized spacial score (nSPS) is 14.8. The van der Waals surface area contributed by atoms with E-state index in [2.05, 4.69) is 15.0 Å². The minimum Gasteiger partial charge on any atom is -0.326 e. The molecule has 8 heteroatoms. The Morgan fingerprint density at radius 1 is 1.10 bits per heavy atom. The van der Waals surface area contributed by atoms with Gasteiger partial charge in [-0.15, -0.1) is 11.3 Å². The zero-order chi connectivity index (χ0) is 21.1. The fraction of sp³-hybridized carbons (Fsp3) is 0.273. The van der Waals surface area contributed by atoms with Crippen LogP contribution in [0, 0.1) is 0 Å². The van der Waals surface area contributed by atoms with Crippen LogP contribution >= 0.6 is 11.3 Å². The number of nitrogens with zero attached hydrogens (tertiary/aromatic N) is 1. The van der Waals surface area contributed by atoms with E-state index in [9.17, 15) is 13.2 Å². The number of anilines is 2. The Bertz CT molecular complexity index is 1120. The van der Waals surface area contributed by atoms with E-state index < -0.39 is 15.9 Å². The molecule has 0 saturated heterocycles. The summed E-state index contributed by atoms with van der Waals surface area (Å²) in [6, 6.07) is 17.7. The summed E-state index contributed by atoms with van der Waals surface area (Å²) in [4.78, 5) is 17.2. The van der Waals surface area contributed by atoms with E-state index in [0.717, 1.165) is 11.1 Å². The average molecular weight is 442 g/mol. The third kappa shape index (κ3) is 4.71. The van der Waals surface area contributed by atoms with Crippen molar-refractivity contribution in [3.63, 3.8) is 0 Å². The standard InChI is InChI=1S/C22H23N3O3S2/c1-2-19(20-14-29-22(24-20)25-30(27,28)18-12-13-18)21(26)23-17-10-8-16(9-11-17)15-6-4-3-5-7-15/h3-11,14,18-19H,2,12-13H2,1H3,(H,23,26)(H,24,25). The van der Waals surface area contributed by atoms with Gasteiger partial charge in [0.15, 0.2) is 5.13 Å². The Morgan fingerprint density at radius 3 is 2.40 bits per heavy atom. The quantitative estimate of drug-likeness (QED) is 0.523. The lowest BCUT2D eigenvalue weighted by Crippen LogP contribution is -2.21. The molecule has 4 rings (SSSR count). The number of sulfonamides is 1. The van der Waals surface area contributed by atoms with Gasteiger partial charge in [-0.2, -0.15) is 0 Å². The molecule has 3 aromatic rings. The zero-order valence-electron chi connectivity index (χ0n) is 16.5. The smallest absolute Gasteiger partial charge is 0.237 e. The Labute approximate surface area is 180 Å². The third-order valence-electron chi connectivity index (χ3n) is 5.06. The lowest BCUT2D eigenvalue weighted by Gasteiger charge is -2.13. The van der Waals surface area contributed by atoms with Gasteiger partial charge < -0.3 is 5.32 Å². The maximum absolute atomic E-state index is 12.8. The molecule has 30 heavy (non-hydrogen) atoms. The lowest BCUT2D eigenvalue weighted by molar-refractivity contribution is -0.117. The largest absolute Gasteiger partial charge is 0.326 e. The Hall–Kier alpha value is -2.71. The van der Waals surface area contributed by atoms with Gasteiger partial charge in [0.2, 0.25) is 15.9 Å². The summed E-state index contributed by atoms with van der Waals surface area (Å²) in [6.07, 6.45) is 1.94. The van der Waals surface area contributed by atoms with E-state index in [1.807, 2.05) is 61.5 Å². The molecule has 156 valence electrons. The van der Waals surface area contributed by atoms with Crippen molar-refractivity contribution in [1.82, 2.24) is 4.98 Å². The molecule has 2 N–H and O–H groups in total. The van der Waals surface area contributed by atoms with E-state index in [4.69, 9.17) is 0 Å². The van der Waals surface area contributed by atoms with E-state index in [0.29, 0.717) is 35.8 Å². The van der Waals surface area contributed by atoms with Crippen LogP contribution in [0.1, 0.15) is 37.8 Å². The molecule has 0 radical (unpaired) electrons. The lowest BCUT2D eigenvalue weighted by atomic mass is 10.0. The summed E-state index contributed by atoms with van der Waals surface area (Å²) in [7, 11) is -3.36. The maximum Gasteiger partial charge on any atom is 0.237 e.